The van der Waals surface area contributed by atoms with Gasteiger partial charge in [0.2, 0.25) is 0 Å². The molecule has 73 heavy (non-hydrogen) atoms. The van der Waals surface area contributed by atoms with E-state index in [-0.39, 0.29) is 37.3 Å². The molecule has 12 rings (SSSR count). The van der Waals surface area contributed by atoms with Crippen molar-refractivity contribution < 1.29 is 30.2 Å². The van der Waals surface area contributed by atoms with Gasteiger partial charge in [0.15, 0.2) is 0 Å². The Labute approximate surface area is 443 Å². The van der Waals surface area contributed by atoms with Crippen molar-refractivity contribution >= 4 is 66.5 Å². The minimum Gasteiger partial charge on any atom is -0.509 e. The molecular weight excluding hydrogens is 1080 g/mol. The van der Waals surface area contributed by atoms with Gasteiger partial charge in [0.05, 0.1) is 0 Å². The summed E-state index contributed by atoms with van der Waals surface area (Å²) in [4.78, 5) is 9.53. The molecule has 0 atom stereocenters. The van der Waals surface area contributed by atoms with E-state index in [0.717, 1.165) is 89.0 Å². The second-order valence-corrected chi connectivity index (χ2v) is 22.3. The number of rotatable bonds is 7. The van der Waals surface area contributed by atoms with E-state index in [1.807, 2.05) is 36.5 Å². The van der Waals surface area contributed by atoms with E-state index >= 15 is 0 Å². The zero-order valence-electron chi connectivity index (χ0n) is 42.7. The van der Waals surface area contributed by atoms with Gasteiger partial charge in [-0.05, 0) is 91.9 Å². The fourth-order valence-electron chi connectivity index (χ4n) is 10.2. The maximum Gasteiger partial charge on any atom is 0.143 e. The molecule has 7 heteroatoms. The van der Waals surface area contributed by atoms with Gasteiger partial charge in [-0.15, -0.1) is 48.1 Å². The summed E-state index contributed by atoms with van der Waals surface area (Å²) in [5.74, 6) is 1.99. The number of aromatic nitrogens is 2. The summed E-state index contributed by atoms with van der Waals surface area (Å²) >= 11 is 0. The third-order valence-electron chi connectivity index (χ3n) is 14.2. The normalized spacial score (nSPS) is 13.1. The van der Waals surface area contributed by atoms with E-state index < -0.39 is 0 Å². The van der Waals surface area contributed by atoms with Crippen LogP contribution >= 0.6 is 0 Å². The standard InChI is InChI=1S/C66H57N4O2.Pt/c1-64(2,3)44-32-33-67-61(38-44)70-57-31-28-43(42-18-11-10-12-19-42)34-56(57)51-30-29-50(40-59(51)70)71-49-21-15-20-47(39-49)68-41-69(48-36-45(65(4,5)6)35-46(37-48)66(7,8)9)62-53(23-17-26-58(62)68)55-25-16-24-54-52-22-13-14-27-60(52)72-63(54)55;/h10-38,41H,1-9H3;/q-3;. The summed E-state index contributed by atoms with van der Waals surface area (Å²) in [6.07, 6.45) is 1.91. The van der Waals surface area contributed by atoms with E-state index in [0.29, 0.717) is 11.5 Å². The largest absolute Gasteiger partial charge is 0.509 e. The first-order valence-corrected chi connectivity index (χ1v) is 24.9. The van der Waals surface area contributed by atoms with Gasteiger partial charge in [-0.2, -0.15) is 12.1 Å². The van der Waals surface area contributed by atoms with Crippen LogP contribution in [0.5, 0.6) is 11.5 Å². The number of fused-ring (bicyclic) bond motifs is 7. The number of furan rings is 1. The van der Waals surface area contributed by atoms with Crippen molar-refractivity contribution in [3.8, 4) is 39.6 Å². The fraction of sp³-hybridized carbons (Fsp3) is 0.182. The van der Waals surface area contributed by atoms with Crippen molar-refractivity contribution in [2.24, 2.45) is 0 Å². The summed E-state index contributed by atoms with van der Waals surface area (Å²) in [7, 11) is 0. The number of anilines is 4. The molecule has 0 fully saturated rings. The molecule has 366 valence electrons. The molecule has 3 aromatic heterocycles. The van der Waals surface area contributed by atoms with Crippen LogP contribution in [0, 0.1) is 18.8 Å². The Balaban J connectivity index is 0.00000574. The Kier molecular flexibility index (Phi) is 11.8. The minimum absolute atomic E-state index is 0. The van der Waals surface area contributed by atoms with Gasteiger partial charge in [-0.25, -0.2) is 4.98 Å². The molecule has 0 N–H and O–H groups in total. The molecule has 8 aromatic carbocycles. The number of para-hydroxylation sites is 3. The van der Waals surface area contributed by atoms with Crippen LogP contribution in [-0.4, -0.2) is 9.55 Å². The average Bonchev–Trinajstić information content (AvgIpc) is 4.06. The Hall–Kier alpha value is -7.40. The third-order valence-corrected chi connectivity index (χ3v) is 14.2. The zero-order chi connectivity index (χ0) is 49.7. The summed E-state index contributed by atoms with van der Waals surface area (Å²) in [5.41, 5.74) is 15.6. The number of ether oxygens (including phenoxy) is 1. The first-order valence-electron chi connectivity index (χ1n) is 24.9. The second-order valence-electron chi connectivity index (χ2n) is 22.3. The van der Waals surface area contributed by atoms with Crippen LogP contribution in [0.3, 0.4) is 0 Å². The maximum atomic E-state index is 6.81. The van der Waals surface area contributed by atoms with Gasteiger partial charge in [-0.1, -0.05) is 165 Å². The second kappa shape index (κ2) is 18.0. The van der Waals surface area contributed by atoms with Gasteiger partial charge in [0.1, 0.15) is 17.0 Å². The van der Waals surface area contributed by atoms with Crippen molar-refractivity contribution in [1.82, 2.24) is 9.55 Å². The van der Waals surface area contributed by atoms with Gasteiger partial charge < -0.3 is 23.5 Å². The predicted molar refractivity (Wildman–Crippen MR) is 298 cm³/mol. The van der Waals surface area contributed by atoms with E-state index in [1.165, 1.54) is 22.3 Å². The molecule has 11 aromatic rings. The van der Waals surface area contributed by atoms with E-state index in [1.54, 1.807) is 0 Å². The number of nitrogens with zero attached hydrogens (tertiary/aromatic N) is 4. The Morgan fingerprint density at radius 2 is 1.21 bits per heavy atom. The molecule has 0 bridgehead atoms. The third kappa shape index (κ3) is 8.60. The van der Waals surface area contributed by atoms with Crippen molar-refractivity contribution in [3.63, 3.8) is 0 Å². The number of hydrogen-bond acceptors (Lipinski definition) is 5. The summed E-state index contributed by atoms with van der Waals surface area (Å²) < 4.78 is 15.7. The quantitative estimate of drug-likeness (QED) is 0.149. The van der Waals surface area contributed by atoms with E-state index in [9.17, 15) is 0 Å². The van der Waals surface area contributed by atoms with Crippen molar-refractivity contribution in [2.75, 3.05) is 9.80 Å². The Morgan fingerprint density at radius 1 is 0.521 bits per heavy atom. The number of pyridine rings is 1. The molecule has 0 unspecified atom stereocenters. The first-order chi connectivity index (χ1) is 34.6. The predicted octanol–water partition coefficient (Wildman–Crippen LogP) is 18.1. The Morgan fingerprint density at radius 3 is 1.97 bits per heavy atom. The zero-order valence-corrected chi connectivity index (χ0v) is 45.0. The molecule has 0 radical (unpaired) electrons. The first kappa shape index (κ1) is 47.9. The molecule has 4 heterocycles. The molecule has 0 saturated carbocycles. The number of hydrogen-bond donors (Lipinski definition) is 0. The maximum absolute atomic E-state index is 6.81. The SMILES string of the molecule is CC(C)(C)c1cc(N2[CH-]N(c3[c-]c(Oc4[c-]c5c(cc4)c4cc(-c6ccccc6)ccc4n5-c4cc(C(C)(C)C)ccn4)ccc3)c3cccc(-c4cccc5c4oc4ccccc45)c32)cc(C(C)(C)C)c1.[Pt]. The molecule has 0 saturated heterocycles. The van der Waals surface area contributed by atoms with Gasteiger partial charge in [-0.3, -0.25) is 0 Å². The van der Waals surface area contributed by atoms with Crippen LogP contribution in [0.1, 0.15) is 79.0 Å². The number of benzene rings is 8. The molecular formula is C66H57N4O2Pt-3. The molecule has 6 nitrogen and oxygen atoms in total. The molecule has 0 aliphatic carbocycles. The van der Waals surface area contributed by atoms with Crippen LogP contribution < -0.4 is 14.5 Å². The van der Waals surface area contributed by atoms with Crippen molar-refractivity contribution in [1.29, 1.82) is 0 Å². The van der Waals surface area contributed by atoms with E-state index in [4.69, 9.17) is 14.1 Å². The average molecular weight is 1130 g/mol. The monoisotopic (exact) mass is 1130 g/mol. The summed E-state index contributed by atoms with van der Waals surface area (Å²) in [6, 6.07) is 67.6. The van der Waals surface area contributed by atoms with Gasteiger partial charge >= 0.3 is 0 Å². The van der Waals surface area contributed by atoms with Crippen LogP contribution in [0.4, 0.5) is 22.7 Å². The van der Waals surface area contributed by atoms with Crippen LogP contribution in [0.15, 0.2) is 180 Å². The van der Waals surface area contributed by atoms with Crippen molar-refractivity contribution in [3.05, 3.63) is 212 Å². The minimum atomic E-state index is -0.0798. The summed E-state index contributed by atoms with van der Waals surface area (Å²) in [5, 5.41) is 4.39. The molecule has 1 aliphatic rings. The van der Waals surface area contributed by atoms with Crippen molar-refractivity contribution in [2.45, 2.75) is 78.6 Å². The van der Waals surface area contributed by atoms with Gasteiger partial charge in [0.25, 0.3) is 0 Å². The van der Waals surface area contributed by atoms with E-state index in [2.05, 4.69) is 235 Å². The molecule has 0 amide bonds. The fourth-order valence-corrected chi connectivity index (χ4v) is 10.2. The van der Waals surface area contributed by atoms with Crippen LogP contribution in [0.25, 0.3) is 71.8 Å². The molecule has 0 spiro atoms. The van der Waals surface area contributed by atoms with Crippen LogP contribution in [0.2, 0.25) is 0 Å². The topological polar surface area (TPSA) is 46.7 Å². The summed E-state index contributed by atoms with van der Waals surface area (Å²) in [6.45, 7) is 22.6. The smallest absolute Gasteiger partial charge is 0.143 e. The Bertz CT molecular complexity index is 3870. The molecule has 1 aliphatic heterocycles. The van der Waals surface area contributed by atoms with Crippen LogP contribution in [-0.2, 0) is 37.3 Å². The van der Waals surface area contributed by atoms with Gasteiger partial charge in [0, 0.05) is 83.2 Å².